The minimum atomic E-state index is -1.37. The predicted octanol–water partition coefficient (Wildman–Crippen LogP) is 9.37. The molecule has 2 aliphatic rings. The first-order chi connectivity index (χ1) is 18.6. The summed E-state index contributed by atoms with van der Waals surface area (Å²) in [7, 11) is 0.726. The summed E-state index contributed by atoms with van der Waals surface area (Å²) in [6, 6.07) is 25.6. The zero-order valence-corrected chi connectivity index (χ0v) is 24.2. The Morgan fingerprint density at radius 2 is 1.13 bits per heavy atom. The SMILES string of the molecule is C[C]1[CH][CH][CH][C]1[C@@H](C)N(C)p1oc2ccc3ccccc3c2c2c(ccc3ccccc32)o1.[CH]1[CH][CH][CH][CH]1.[Fe+2]. The van der Waals surface area contributed by atoms with Crippen molar-refractivity contribution in [2.75, 3.05) is 11.7 Å². The van der Waals surface area contributed by atoms with E-state index in [4.69, 9.17) is 8.39 Å². The molecule has 5 heteroatoms. The summed E-state index contributed by atoms with van der Waals surface area (Å²) in [5, 5.41) is 6.95. The Balaban J connectivity index is 0.000000464. The average molecular weight is 571 g/mol. The first-order valence-electron chi connectivity index (χ1n) is 12.9. The van der Waals surface area contributed by atoms with Crippen molar-refractivity contribution in [1.82, 2.24) is 0 Å². The summed E-state index contributed by atoms with van der Waals surface area (Å²) in [6.07, 6.45) is 16.5. The van der Waals surface area contributed by atoms with Crippen molar-refractivity contribution < 1.29 is 25.5 Å². The summed E-state index contributed by atoms with van der Waals surface area (Å²) in [5.74, 6) is 2.59. The molecule has 1 heterocycles. The zero-order valence-electron chi connectivity index (χ0n) is 22.2. The number of nitrogens with zero attached hydrogens (tertiary/aromatic N) is 1. The monoisotopic (exact) mass is 571 g/mol. The zero-order chi connectivity index (χ0) is 26.1. The van der Waals surface area contributed by atoms with Crippen LogP contribution in [-0.4, -0.2) is 13.1 Å². The maximum atomic E-state index is 6.69. The van der Waals surface area contributed by atoms with Gasteiger partial charge in [-0.05, 0) is 97.9 Å². The Bertz CT molecular complexity index is 1500. The summed E-state index contributed by atoms with van der Waals surface area (Å²) in [6.45, 7) is 4.37. The Morgan fingerprint density at radius 1 is 0.641 bits per heavy atom. The standard InChI is InChI=1S/C29H25NO2P.C5H5.Fe/c1-19-9-8-14-23(19)20(2)30(3)33-31-26-17-15-21-10-4-6-12-24(21)28(26)29-25-13-7-5-11-22(25)16-18-27(29)32-33;1-2-4-5-3-1;/h4-18,20H,1-3H3;1-5H;/q;;+2/t20-;;/m1../s1. The van der Waals surface area contributed by atoms with Crippen molar-refractivity contribution in [2.24, 2.45) is 0 Å². The molecule has 2 fully saturated rings. The van der Waals surface area contributed by atoms with Crippen molar-refractivity contribution in [3.63, 3.8) is 0 Å². The van der Waals surface area contributed by atoms with Gasteiger partial charge in [0.15, 0.2) is 0 Å². The van der Waals surface area contributed by atoms with Crippen LogP contribution in [0.4, 0.5) is 0 Å². The minimum Gasteiger partial charge on any atom is -0.408 e. The maximum absolute atomic E-state index is 6.69. The van der Waals surface area contributed by atoms with Gasteiger partial charge in [-0.1, -0.05) is 67.6 Å². The van der Waals surface area contributed by atoms with Crippen molar-refractivity contribution in [3.8, 4) is 0 Å². The van der Waals surface area contributed by atoms with E-state index in [9.17, 15) is 0 Å². The molecule has 39 heavy (non-hydrogen) atoms. The fraction of sp³-hybridized carbons (Fsp3) is 0.118. The smallest absolute Gasteiger partial charge is 0.408 e. The third kappa shape index (κ3) is 5.68. The van der Waals surface area contributed by atoms with E-state index in [0.717, 1.165) is 21.9 Å². The summed E-state index contributed by atoms with van der Waals surface area (Å²) in [5.41, 5.74) is 1.74. The van der Waals surface area contributed by atoms with Crippen LogP contribution in [0.25, 0.3) is 43.5 Å². The molecule has 5 aromatic rings. The van der Waals surface area contributed by atoms with E-state index in [1.54, 1.807) is 0 Å². The Hall–Kier alpha value is -2.22. The third-order valence-corrected chi connectivity index (χ3v) is 8.85. The molecule has 0 bridgehead atoms. The van der Waals surface area contributed by atoms with Gasteiger partial charge in [-0.2, -0.15) is 0 Å². The molecule has 0 N–H and O–H groups in total. The summed E-state index contributed by atoms with van der Waals surface area (Å²) in [4.78, 5) is 0. The number of fused-ring (bicyclic) bond motifs is 7. The molecule has 10 radical (unpaired) electrons. The molecule has 0 saturated heterocycles. The topological polar surface area (TPSA) is 29.5 Å². The molecule has 1 atom stereocenters. The maximum Gasteiger partial charge on any atom is 2.00 e. The molecular weight excluding hydrogens is 541 g/mol. The second-order valence-electron chi connectivity index (χ2n) is 9.62. The van der Waals surface area contributed by atoms with Gasteiger partial charge in [-0.15, -0.1) is 0 Å². The van der Waals surface area contributed by atoms with Gasteiger partial charge in [0.05, 0.1) is 0 Å². The molecule has 0 aliphatic heterocycles. The van der Waals surface area contributed by atoms with E-state index in [0.29, 0.717) is 0 Å². The molecule has 7 rings (SSSR count). The van der Waals surface area contributed by atoms with Crippen LogP contribution in [-0.2, 0) is 17.1 Å². The molecule has 3 nitrogen and oxygen atoms in total. The molecule has 4 aromatic carbocycles. The first kappa shape index (κ1) is 28.3. The number of hydrogen-bond acceptors (Lipinski definition) is 3. The Kier molecular flexibility index (Phi) is 9.09. The molecule has 194 valence electrons. The van der Waals surface area contributed by atoms with E-state index in [-0.39, 0.29) is 23.1 Å². The van der Waals surface area contributed by atoms with Crippen molar-refractivity contribution in [1.29, 1.82) is 0 Å². The van der Waals surface area contributed by atoms with E-state index in [2.05, 4.69) is 118 Å². The van der Waals surface area contributed by atoms with E-state index in [1.807, 2.05) is 32.1 Å². The van der Waals surface area contributed by atoms with Gasteiger partial charge in [0.2, 0.25) is 0 Å². The molecule has 0 unspecified atom stereocenters. The number of benzene rings is 4. The van der Waals surface area contributed by atoms with Crippen LogP contribution in [0, 0.1) is 63.2 Å². The van der Waals surface area contributed by atoms with Crippen molar-refractivity contribution in [2.45, 2.75) is 19.9 Å². The van der Waals surface area contributed by atoms with Crippen LogP contribution in [0.1, 0.15) is 13.8 Å². The van der Waals surface area contributed by atoms with Gasteiger partial charge >= 0.3 is 25.2 Å². The van der Waals surface area contributed by atoms with Gasteiger partial charge in [0.25, 0.3) is 0 Å². The first-order valence-corrected chi connectivity index (χ1v) is 14.1. The number of hydrogen-bond donors (Lipinski definition) is 0. The largest absolute Gasteiger partial charge is 2.00 e. The fourth-order valence-electron chi connectivity index (χ4n) is 5.14. The van der Waals surface area contributed by atoms with Crippen LogP contribution >= 0.6 is 8.16 Å². The Morgan fingerprint density at radius 3 is 1.59 bits per heavy atom. The molecular formula is C34H30FeNO2P+2. The summed E-state index contributed by atoms with van der Waals surface area (Å²) >= 11 is 0. The fourth-order valence-corrected chi connectivity index (χ4v) is 6.49. The van der Waals surface area contributed by atoms with E-state index >= 15 is 0 Å². The van der Waals surface area contributed by atoms with Gasteiger partial charge in [0.1, 0.15) is 11.2 Å². The predicted molar refractivity (Wildman–Crippen MR) is 161 cm³/mol. The van der Waals surface area contributed by atoms with E-state index < -0.39 is 8.16 Å². The van der Waals surface area contributed by atoms with Crippen molar-refractivity contribution in [3.05, 3.63) is 136 Å². The minimum absolute atomic E-state index is 0. The second kappa shape index (κ2) is 12.5. The average Bonchev–Trinajstić information content (AvgIpc) is 3.64. The normalized spacial score (nSPS) is 17.0. The van der Waals surface area contributed by atoms with E-state index in [1.165, 1.54) is 33.4 Å². The third-order valence-electron chi connectivity index (χ3n) is 7.29. The second-order valence-corrected chi connectivity index (χ2v) is 11.1. The van der Waals surface area contributed by atoms with Crippen LogP contribution in [0.3, 0.4) is 0 Å². The number of rotatable bonds is 3. The van der Waals surface area contributed by atoms with Gasteiger partial charge in [-0.25, -0.2) is 4.67 Å². The van der Waals surface area contributed by atoms with Crippen LogP contribution in [0.15, 0.2) is 81.2 Å². The summed E-state index contributed by atoms with van der Waals surface area (Å²) < 4.78 is 15.6. The van der Waals surface area contributed by atoms with Crippen LogP contribution < -0.4 is 4.67 Å². The molecule has 1 aromatic heterocycles. The van der Waals surface area contributed by atoms with Gasteiger partial charge in [0, 0.05) is 29.8 Å². The van der Waals surface area contributed by atoms with Crippen LogP contribution in [0.5, 0.6) is 0 Å². The van der Waals surface area contributed by atoms with Gasteiger partial charge < -0.3 is 8.39 Å². The molecule has 2 saturated carbocycles. The molecule has 2 aliphatic carbocycles. The van der Waals surface area contributed by atoms with Crippen LogP contribution in [0.2, 0.25) is 0 Å². The molecule has 0 amide bonds. The quantitative estimate of drug-likeness (QED) is 0.202. The van der Waals surface area contributed by atoms with Crippen molar-refractivity contribution >= 4 is 51.6 Å². The molecule has 0 spiro atoms. The van der Waals surface area contributed by atoms with Gasteiger partial charge in [-0.3, -0.25) is 0 Å². The Labute approximate surface area is 244 Å².